The smallest absolute Gasteiger partial charge is 0.360 e. The van der Waals surface area contributed by atoms with Gasteiger partial charge >= 0.3 is 11.9 Å². The van der Waals surface area contributed by atoms with Crippen LogP contribution in [0.25, 0.3) is 0 Å². The van der Waals surface area contributed by atoms with Crippen molar-refractivity contribution in [3.8, 4) is 11.5 Å². The first-order chi connectivity index (χ1) is 24.5. The van der Waals surface area contributed by atoms with Gasteiger partial charge in [0.05, 0.1) is 25.3 Å². The van der Waals surface area contributed by atoms with Gasteiger partial charge in [0.15, 0.2) is 11.4 Å². The number of hydrogen-bond donors (Lipinski definition) is 1. The molecule has 0 unspecified atom stereocenters. The molecule has 1 N–H and O–H groups in total. The highest BCUT2D eigenvalue weighted by molar-refractivity contribution is 9.09. The van der Waals surface area contributed by atoms with E-state index in [1.54, 1.807) is 24.3 Å². The number of rotatable bonds is 10. The molecule has 0 aliphatic carbocycles. The minimum Gasteiger partial charge on any atom is -0.508 e. The Morgan fingerprint density at radius 3 is 1.53 bits per heavy atom. The summed E-state index contributed by atoms with van der Waals surface area (Å²) in [6.07, 6.45) is 0. The van der Waals surface area contributed by atoms with Gasteiger partial charge in [-0.1, -0.05) is 103 Å². The highest BCUT2D eigenvalue weighted by atomic mass is 79.9. The fourth-order valence-corrected chi connectivity index (χ4v) is 4.55. The number of aryl methyl sites for hydroxylation is 2. The molecule has 0 heterocycles. The molecule has 0 spiro atoms. The Balaban J connectivity index is 0.000000416. The predicted molar refractivity (Wildman–Crippen MR) is 200 cm³/mol. The Kier molecular flexibility index (Phi) is 21.1. The Morgan fingerprint density at radius 2 is 1.12 bits per heavy atom. The standard InChI is InChI=1S/C18H18FNO4.C11H11BrFNO3.C7H8O.CH3Br/c1-12-7-4-5-10-15(12)24-11-13-8-6-9-14(19)16(13)17(20-23-3)18(21)22-2;1-16-11(15)10(14-17-2)9-7(6-12)4-3-5-8(9)13;1-6-4-2-3-5-7(6)8;1-2/h4-10H,11H2,1-3H3;3-5H,6H2,1-2H3;2-5,8H,1H3;1H3. The van der Waals surface area contributed by atoms with Crippen LogP contribution in [0.3, 0.4) is 0 Å². The topological polar surface area (TPSA) is 125 Å². The van der Waals surface area contributed by atoms with E-state index in [1.807, 2.05) is 62.1 Å². The highest BCUT2D eigenvalue weighted by Gasteiger charge is 2.24. The van der Waals surface area contributed by atoms with Crippen molar-refractivity contribution in [3.05, 3.63) is 130 Å². The molecule has 0 radical (unpaired) electrons. The van der Waals surface area contributed by atoms with Gasteiger partial charge in [0.25, 0.3) is 0 Å². The van der Waals surface area contributed by atoms with Crippen LogP contribution in [0.4, 0.5) is 8.78 Å². The molecule has 0 fully saturated rings. The number of alkyl halides is 2. The number of aromatic hydroxyl groups is 1. The van der Waals surface area contributed by atoms with E-state index in [4.69, 9.17) is 9.84 Å². The van der Waals surface area contributed by atoms with Gasteiger partial charge in [-0.25, -0.2) is 18.4 Å². The molecule has 0 amide bonds. The number of nitrogens with zero attached hydrogens (tertiary/aromatic N) is 2. The fraction of sp³-hybridized carbons (Fsp3) is 0.243. The normalized spacial score (nSPS) is 10.5. The molecule has 0 aromatic heterocycles. The molecule has 0 aliphatic rings. The summed E-state index contributed by atoms with van der Waals surface area (Å²) in [5, 5.41) is 16.4. The number of esters is 2. The summed E-state index contributed by atoms with van der Waals surface area (Å²) < 4.78 is 43.0. The van der Waals surface area contributed by atoms with Gasteiger partial charge in [-0.15, -0.1) is 0 Å². The van der Waals surface area contributed by atoms with E-state index >= 15 is 0 Å². The first-order valence-corrected chi connectivity index (χ1v) is 17.6. The number of phenols is 1. The van der Waals surface area contributed by atoms with Crippen molar-refractivity contribution in [2.45, 2.75) is 25.8 Å². The Hall–Kier alpha value is -4.82. The number of benzene rings is 4. The Bertz CT molecular complexity index is 1750. The van der Waals surface area contributed by atoms with Crippen molar-refractivity contribution < 1.29 is 47.4 Å². The number of hydrogen-bond acceptors (Lipinski definition) is 10. The SMILES string of the molecule is CBr.CON=C(C(=O)OC)c1c(F)cccc1CBr.CON=C(C(=O)OC)c1c(F)cccc1COc1ccccc1C.Cc1ccccc1O. The fourth-order valence-electron chi connectivity index (χ4n) is 4.08. The molecule has 0 saturated heterocycles. The molecule has 14 heteroatoms. The van der Waals surface area contributed by atoms with E-state index in [9.17, 15) is 18.4 Å². The van der Waals surface area contributed by atoms with E-state index in [0.717, 1.165) is 11.1 Å². The lowest BCUT2D eigenvalue weighted by molar-refractivity contribution is -0.133. The summed E-state index contributed by atoms with van der Waals surface area (Å²) in [7, 11) is 4.94. The van der Waals surface area contributed by atoms with Gasteiger partial charge in [-0.05, 0) is 60.6 Å². The van der Waals surface area contributed by atoms with Crippen molar-refractivity contribution in [1.29, 1.82) is 0 Å². The van der Waals surface area contributed by atoms with E-state index in [2.05, 4.69) is 61.3 Å². The lowest BCUT2D eigenvalue weighted by Crippen LogP contribution is -2.21. The minimum absolute atomic E-state index is 0.000200. The Morgan fingerprint density at radius 1 is 0.667 bits per heavy atom. The second kappa shape index (κ2) is 24.3. The molecule has 0 aliphatic heterocycles. The van der Waals surface area contributed by atoms with Crippen LogP contribution in [0.5, 0.6) is 11.5 Å². The maximum Gasteiger partial charge on any atom is 0.360 e. The second-order valence-electron chi connectivity index (χ2n) is 9.75. The van der Waals surface area contributed by atoms with Crippen LogP contribution in [0.1, 0.15) is 33.4 Å². The van der Waals surface area contributed by atoms with E-state index < -0.39 is 23.6 Å². The third-order valence-electron chi connectivity index (χ3n) is 6.53. The van der Waals surface area contributed by atoms with Gasteiger partial charge in [0, 0.05) is 10.9 Å². The van der Waals surface area contributed by atoms with Crippen LogP contribution in [0.2, 0.25) is 0 Å². The minimum atomic E-state index is -0.793. The number of halogens is 4. The summed E-state index contributed by atoms with van der Waals surface area (Å²) in [5.74, 6) is 0.152. The van der Waals surface area contributed by atoms with Crippen LogP contribution in [-0.2, 0) is 40.7 Å². The second-order valence-corrected chi connectivity index (χ2v) is 10.3. The number of para-hydroxylation sites is 2. The largest absolute Gasteiger partial charge is 0.508 e. The molecule has 4 aromatic carbocycles. The summed E-state index contributed by atoms with van der Waals surface area (Å²) in [6, 6.07) is 23.6. The van der Waals surface area contributed by atoms with Crippen molar-refractivity contribution in [2.75, 3.05) is 34.3 Å². The molecule has 0 saturated carbocycles. The predicted octanol–water partition coefficient (Wildman–Crippen LogP) is 8.19. The summed E-state index contributed by atoms with van der Waals surface area (Å²) >= 11 is 6.16. The summed E-state index contributed by atoms with van der Waals surface area (Å²) in [4.78, 5) is 32.6. The van der Waals surface area contributed by atoms with Crippen LogP contribution in [0, 0.1) is 25.5 Å². The molecule has 4 aromatic rings. The molecule has 0 bridgehead atoms. The van der Waals surface area contributed by atoms with Gasteiger partial charge < -0.3 is 29.0 Å². The molecule has 0 atom stereocenters. The first kappa shape index (κ1) is 44.2. The molecule has 51 heavy (non-hydrogen) atoms. The maximum atomic E-state index is 14.3. The van der Waals surface area contributed by atoms with E-state index in [0.29, 0.717) is 28.0 Å². The van der Waals surface area contributed by atoms with Crippen molar-refractivity contribution >= 4 is 55.2 Å². The number of ether oxygens (including phenoxy) is 3. The average molecular weight is 839 g/mol. The Labute approximate surface area is 313 Å². The van der Waals surface area contributed by atoms with Crippen LogP contribution in [0.15, 0.2) is 95.2 Å². The van der Waals surface area contributed by atoms with Crippen molar-refractivity contribution in [3.63, 3.8) is 0 Å². The molecular formula is C37H40Br2F2N2O8. The van der Waals surface area contributed by atoms with Crippen molar-refractivity contribution in [2.24, 2.45) is 10.3 Å². The van der Waals surface area contributed by atoms with Gasteiger partial charge in [0.1, 0.15) is 44.0 Å². The van der Waals surface area contributed by atoms with Gasteiger partial charge in [-0.3, -0.25) is 0 Å². The summed E-state index contributed by atoms with van der Waals surface area (Å²) in [6.45, 7) is 3.85. The lowest BCUT2D eigenvalue weighted by Gasteiger charge is -2.13. The van der Waals surface area contributed by atoms with Crippen LogP contribution >= 0.6 is 31.9 Å². The van der Waals surface area contributed by atoms with Crippen LogP contribution < -0.4 is 4.74 Å². The molecular weight excluding hydrogens is 798 g/mol. The quantitative estimate of drug-likeness (QED) is 0.0734. The number of carbonyl (C=O) groups excluding carboxylic acids is 2. The molecule has 4 rings (SSSR count). The summed E-state index contributed by atoms with van der Waals surface area (Å²) in [5.41, 5.74) is 2.56. The van der Waals surface area contributed by atoms with Gasteiger partial charge in [0.2, 0.25) is 0 Å². The van der Waals surface area contributed by atoms with Gasteiger partial charge in [-0.2, -0.15) is 0 Å². The average Bonchev–Trinajstić information content (AvgIpc) is 3.15. The number of oxime groups is 2. The van der Waals surface area contributed by atoms with Crippen LogP contribution in [-0.4, -0.2) is 62.7 Å². The zero-order chi connectivity index (χ0) is 38.3. The number of phenolic OH excluding ortho intramolecular Hbond substituents is 1. The highest BCUT2D eigenvalue weighted by Crippen LogP contribution is 2.22. The number of carbonyl (C=O) groups is 2. The lowest BCUT2D eigenvalue weighted by atomic mass is 10.0. The zero-order valence-electron chi connectivity index (χ0n) is 29.2. The third kappa shape index (κ3) is 13.8. The zero-order valence-corrected chi connectivity index (χ0v) is 32.4. The molecule has 274 valence electrons. The monoisotopic (exact) mass is 836 g/mol. The molecule has 10 nitrogen and oxygen atoms in total. The first-order valence-electron chi connectivity index (χ1n) is 14.9. The van der Waals surface area contributed by atoms with E-state index in [1.165, 1.54) is 46.6 Å². The van der Waals surface area contributed by atoms with E-state index in [-0.39, 0.29) is 29.2 Å². The third-order valence-corrected chi connectivity index (χ3v) is 7.14. The van der Waals surface area contributed by atoms with Crippen molar-refractivity contribution in [1.82, 2.24) is 0 Å². The number of methoxy groups -OCH3 is 2. The maximum absolute atomic E-state index is 14.3.